The number of ether oxygens (including phenoxy) is 1. The van der Waals surface area contributed by atoms with Crippen molar-refractivity contribution in [1.82, 2.24) is 9.97 Å². The minimum atomic E-state index is -0.289. The minimum absolute atomic E-state index is 0.289. The number of hydrogen-bond acceptors (Lipinski definition) is 6. The number of anilines is 2. The zero-order chi connectivity index (χ0) is 20.3. The molecule has 1 N–H and O–H groups in total. The maximum atomic E-state index is 11.8. The lowest BCUT2D eigenvalue weighted by Crippen LogP contribution is -2.32. The largest absolute Gasteiger partial charge is 0.465 e. The molecule has 0 amide bonds. The van der Waals surface area contributed by atoms with E-state index >= 15 is 0 Å². The fourth-order valence-electron chi connectivity index (χ4n) is 3.29. The highest BCUT2D eigenvalue weighted by molar-refractivity contribution is 5.89. The Morgan fingerprint density at radius 3 is 2.68 bits per heavy atom. The number of carbonyl (C=O) groups is 1. The van der Waals surface area contributed by atoms with Crippen LogP contribution in [0.1, 0.15) is 67.2 Å². The van der Waals surface area contributed by atoms with Gasteiger partial charge in [0.15, 0.2) is 0 Å². The van der Waals surface area contributed by atoms with Crippen molar-refractivity contribution in [3.63, 3.8) is 0 Å². The van der Waals surface area contributed by atoms with Crippen LogP contribution in [-0.2, 0) is 17.7 Å². The summed E-state index contributed by atoms with van der Waals surface area (Å²) in [6.45, 7) is 10.2. The third-order valence-corrected chi connectivity index (χ3v) is 5.28. The van der Waals surface area contributed by atoms with E-state index in [9.17, 15) is 4.79 Å². The Balaban J connectivity index is 1.87. The number of benzene rings is 1. The smallest absolute Gasteiger partial charge is 0.337 e. The molecule has 0 saturated carbocycles. The molecule has 2 heterocycles. The molecule has 28 heavy (non-hydrogen) atoms. The SMILES string of the molecule is CC[C@@H](C)Nc1nc(C(C)C)cc(N2CCc3cc(C(=O)OC)ccc3C2)n1. The molecule has 1 atom stereocenters. The van der Waals surface area contributed by atoms with Crippen molar-refractivity contribution in [2.24, 2.45) is 0 Å². The maximum Gasteiger partial charge on any atom is 0.337 e. The van der Waals surface area contributed by atoms with Crippen LogP contribution in [0.5, 0.6) is 0 Å². The van der Waals surface area contributed by atoms with Crippen LogP contribution in [-0.4, -0.2) is 35.6 Å². The van der Waals surface area contributed by atoms with Gasteiger partial charge in [-0.05, 0) is 48.9 Å². The molecule has 150 valence electrons. The molecule has 3 rings (SSSR count). The van der Waals surface area contributed by atoms with Crippen LogP contribution < -0.4 is 10.2 Å². The zero-order valence-corrected chi connectivity index (χ0v) is 17.5. The summed E-state index contributed by atoms with van der Waals surface area (Å²) in [6.07, 6.45) is 1.89. The van der Waals surface area contributed by atoms with Gasteiger partial charge in [-0.1, -0.05) is 26.8 Å². The first-order valence-electron chi connectivity index (χ1n) is 10.0. The Labute approximate surface area is 167 Å². The number of fused-ring (bicyclic) bond motifs is 1. The number of nitrogens with one attached hydrogen (secondary N) is 1. The average Bonchev–Trinajstić information content (AvgIpc) is 2.71. The highest BCUT2D eigenvalue weighted by Gasteiger charge is 2.21. The lowest BCUT2D eigenvalue weighted by atomic mass is 9.97. The second kappa shape index (κ2) is 8.59. The van der Waals surface area contributed by atoms with Crippen molar-refractivity contribution in [3.05, 3.63) is 46.6 Å². The van der Waals surface area contributed by atoms with Gasteiger partial charge in [0, 0.05) is 25.2 Å². The molecule has 0 saturated heterocycles. The molecule has 6 nitrogen and oxygen atoms in total. The van der Waals surface area contributed by atoms with Crippen molar-refractivity contribution >= 4 is 17.7 Å². The first-order chi connectivity index (χ1) is 13.4. The number of rotatable bonds is 6. The molecule has 0 fully saturated rings. The van der Waals surface area contributed by atoms with Gasteiger partial charge in [0.2, 0.25) is 5.95 Å². The summed E-state index contributed by atoms with van der Waals surface area (Å²) in [5.74, 6) is 1.69. The van der Waals surface area contributed by atoms with E-state index in [1.165, 1.54) is 18.2 Å². The summed E-state index contributed by atoms with van der Waals surface area (Å²) in [5.41, 5.74) is 4.08. The highest BCUT2D eigenvalue weighted by atomic mass is 16.5. The van der Waals surface area contributed by atoms with E-state index in [2.05, 4.69) is 44.0 Å². The molecule has 1 aliphatic heterocycles. The molecule has 1 aliphatic rings. The lowest BCUT2D eigenvalue weighted by Gasteiger charge is -2.30. The van der Waals surface area contributed by atoms with Crippen molar-refractivity contribution < 1.29 is 9.53 Å². The minimum Gasteiger partial charge on any atom is -0.465 e. The summed E-state index contributed by atoms with van der Waals surface area (Å²) in [7, 11) is 1.41. The van der Waals surface area contributed by atoms with Gasteiger partial charge < -0.3 is 15.0 Å². The first-order valence-corrected chi connectivity index (χ1v) is 10.0. The predicted octanol–water partition coefficient (Wildman–Crippen LogP) is 4.16. The standard InChI is InChI=1S/C22H30N4O2/c1-6-15(4)23-22-24-19(14(2)3)12-20(25-22)26-10-9-16-11-17(21(27)28-5)7-8-18(16)13-26/h7-8,11-12,14-15H,6,9-10,13H2,1-5H3,(H,23,24,25)/t15-/m1/s1. The monoisotopic (exact) mass is 382 g/mol. The zero-order valence-electron chi connectivity index (χ0n) is 17.5. The van der Waals surface area contributed by atoms with Crippen LogP contribution in [0.4, 0.5) is 11.8 Å². The highest BCUT2D eigenvalue weighted by Crippen LogP contribution is 2.27. The van der Waals surface area contributed by atoms with E-state index in [1.54, 1.807) is 0 Å². The molecule has 1 aromatic heterocycles. The Morgan fingerprint density at radius 1 is 1.21 bits per heavy atom. The molecule has 0 aliphatic carbocycles. The normalized spacial score (nSPS) is 14.6. The maximum absolute atomic E-state index is 11.8. The van der Waals surface area contributed by atoms with Gasteiger partial charge in [0.1, 0.15) is 5.82 Å². The quantitative estimate of drug-likeness (QED) is 0.757. The lowest BCUT2D eigenvalue weighted by molar-refractivity contribution is 0.0600. The van der Waals surface area contributed by atoms with Gasteiger partial charge in [-0.2, -0.15) is 4.98 Å². The fraction of sp³-hybridized carbons (Fsp3) is 0.500. The van der Waals surface area contributed by atoms with Gasteiger partial charge >= 0.3 is 5.97 Å². The summed E-state index contributed by atoms with van der Waals surface area (Å²) in [6, 6.07) is 8.24. The topological polar surface area (TPSA) is 67.4 Å². The molecule has 6 heteroatoms. The van der Waals surface area contributed by atoms with Gasteiger partial charge in [-0.3, -0.25) is 0 Å². The Bertz CT molecular complexity index is 850. The van der Waals surface area contributed by atoms with E-state index in [1.807, 2.05) is 18.2 Å². The van der Waals surface area contributed by atoms with Crippen molar-refractivity contribution in [1.29, 1.82) is 0 Å². The van der Waals surface area contributed by atoms with E-state index in [0.29, 0.717) is 23.5 Å². The van der Waals surface area contributed by atoms with Gasteiger partial charge in [0.25, 0.3) is 0 Å². The van der Waals surface area contributed by atoms with E-state index in [4.69, 9.17) is 14.7 Å². The number of hydrogen-bond donors (Lipinski definition) is 1. The molecular weight excluding hydrogens is 352 g/mol. The van der Waals surface area contributed by atoms with Crippen LogP contribution in [0.3, 0.4) is 0 Å². The summed E-state index contributed by atoms with van der Waals surface area (Å²) in [4.78, 5) is 23.6. The Kier molecular flexibility index (Phi) is 6.17. The van der Waals surface area contributed by atoms with Crippen LogP contribution in [0.15, 0.2) is 24.3 Å². The summed E-state index contributed by atoms with van der Waals surface area (Å²) >= 11 is 0. The Morgan fingerprint density at radius 2 is 2.00 bits per heavy atom. The molecule has 0 bridgehead atoms. The molecular formula is C22H30N4O2. The van der Waals surface area contributed by atoms with Gasteiger partial charge in [-0.25, -0.2) is 9.78 Å². The number of carbonyl (C=O) groups excluding carboxylic acids is 1. The van der Waals surface area contributed by atoms with Crippen LogP contribution >= 0.6 is 0 Å². The predicted molar refractivity (Wildman–Crippen MR) is 112 cm³/mol. The summed E-state index contributed by atoms with van der Waals surface area (Å²) < 4.78 is 4.83. The summed E-state index contributed by atoms with van der Waals surface area (Å²) in [5, 5.41) is 3.41. The van der Waals surface area contributed by atoms with Gasteiger partial charge in [-0.15, -0.1) is 0 Å². The van der Waals surface area contributed by atoms with Crippen molar-refractivity contribution in [3.8, 4) is 0 Å². The first kappa shape index (κ1) is 20.1. The molecule has 1 aromatic carbocycles. The van der Waals surface area contributed by atoms with E-state index in [-0.39, 0.29) is 5.97 Å². The second-order valence-corrected chi connectivity index (χ2v) is 7.73. The molecule has 0 spiro atoms. The second-order valence-electron chi connectivity index (χ2n) is 7.73. The number of esters is 1. The number of nitrogens with zero attached hydrogens (tertiary/aromatic N) is 3. The fourth-order valence-corrected chi connectivity index (χ4v) is 3.29. The third-order valence-electron chi connectivity index (χ3n) is 5.28. The molecule has 2 aromatic rings. The van der Waals surface area contributed by atoms with Gasteiger partial charge in [0.05, 0.1) is 18.4 Å². The molecule has 0 radical (unpaired) electrons. The number of methoxy groups -OCH3 is 1. The molecule has 0 unspecified atom stereocenters. The third kappa shape index (κ3) is 4.43. The van der Waals surface area contributed by atoms with Crippen LogP contribution in [0, 0.1) is 0 Å². The van der Waals surface area contributed by atoms with E-state index in [0.717, 1.165) is 37.4 Å². The van der Waals surface area contributed by atoms with Crippen LogP contribution in [0.25, 0.3) is 0 Å². The Hall–Kier alpha value is -2.63. The number of aromatic nitrogens is 2. The average molecular weight is 383 g/mol. The van der Waals surface area contributed by atoms with Crippen molar-refractivity contribution in [2.75, 3.05) is 23.9 Å². The van der Waals surface area contributed by atoms with E-state index < -0.39 is 0 Å². The van der Waals surface area contributed by atoms with Crippen LogP contribution in [0.2, 0.25) is 0 Å². The van der Waals surface area contributed by atoms with Crippen molar-refractivity contribution in [2.45, 2.75) is 59.0 Å².